The first kappa shape index (κ1) is 12.8. The van der Waals surface area contributed by atoms with Crippen molar-refractivity contribution < 1.29 is 19.1 Å². The summed E-state index contributed by atoms with van der Waals surface area (Å²) in [5.74, 6) is -0.609. The highest BCUT2D eigenvalue weighted by Crippen LogP contribution is 2.27. The topological polar surface area (TPSA) is 80.4 Å². The maximum Gasteiger partial charge on any atom is 0.303 e. The van der Waals surface area contributed by atoms with Gasteiger partial charge < -0.3 is 9.52 Å². The molecule has 0 unspecified atom stereocenters. The molecule has 0 spiro atoms. The standard InChI is InChI=1S/C12H10BrNO4/c1-6(15)7-4-8(13)12-9(5-7)14-10(18-12)2-3-11(16)17/h4-5H,2-3H2,1H3,(H,16,17). The number of oxazole rings is 1. The normalized spacial score (nSPS) is 10.8. The minimum Gasteiger partial charge on any atom is -0.481 e. The number of aromatic nitrogens is 1. The summed E-state index contributed by atoms with van der Waals surface area (Å²) in [6.07, 6.45) is 0.190. The third-order valence-electron chi connectivity index (χ3n) is 2.45. The summed E-state index contributed by atoms with van der Waals surface area (Å²) in [7, 11) is 0. The second-order valence-corrected chi connectivity index (χ2v) is 4.72. The summed E-state index contributed by atoms with van der Waals surface area (Å²) in [6.45, 7) is 1.47. The fourth-order valence-electron chi connectivity index (χ4n) is 1.56. The van der Waals surface area contributed by atoms with Gasteiger partial charge in [-0.05, 0) is 35.0 Å². The summed E-state index contributed by atoms with van der Waals surface area (Å²) >= 11 is 3.31. The van der Waals surface area contributed by atoms with Gasteiger partial charge in [-0.1, -0.05) is 0 Å². The molecule has 5 nitrogen and oxygen atoms in total. The van der Waals surface area contributed by atoms with Crippen LogP contribution < -0.4 is 0 Å². The summed E-state index contributed by atoms with van der Waals surface area (Å²) in [5.41, 5.74) is 1.61. The first-order valence-corrected chi connectivity index (χ1v) is 6.08. The highest BCUT2D eigenvalue weighted by atomic mass is 79.9. The third-order valence-corrected chi connectivity index (χ3v) is 3.04. The van der Waals surface area contributed by atoms with Crippen LogP contribution >= 0.6 is 15.9 Å². The molecule has 0 radical (unpaired) electrons. The minimum atomic E-state index is -0.902. The number of carboxylic acids is 1. The van der Waals surface area contributed by atoms with Gasteiger partial charge in [-0.3, -0.25) is 9.59 Å². The highest BCUT2D eigenvalue weighted by molar-refractivity contribution is 9.10. The predicted molar refractivity (Wildman–Crippen MR) is 67.7 cm³/mol. The fraction of sp³-hybridized carbons (Fsp3) is 0.250. The molecule has 18 heavy (non-hydrogen) atoms. The zero-order chi connectivity index (χ0) is 13.3. The second kappa shape index (κ2) is 4.89. The Hall–Kier alpha value is -1.69. The van der Waals surface area contributed by atoms with Crippen molar-refractivity contribution in [2.45, 2.75) is 19.8 Å². The van der Waals surface area contributed by atoms with Crippen molar-refractivity contribution in [1.29, 1.82) is 0 Å². The van der Waals surface area contributed by atoms with Gasteiger partial charge in [0.05, 0.1) is 10.9 Å². The van der Waals surface area contributed by atoms with Gasteiger partial charge in [0.25, 0.3) is 0 Å². The molecule has 0 amide bonds. The maximum atomic E-state index is 11.3. The largest absolute Gasteiger partial charge is 0.481 e. The van der Waals surface area contributed by atoms with E-state index < -0.39 is 5.97 Å². The number of Topliss-reactive ketones (excluding diaryl/α,β-unsaturated/α-hetero) is 1. The van der Waals surface area contributed by atoms with Gasteiger partial charge in [-0.2, -0.15) is 0 Å². The van der Waals surface area contributed by atoms with Gasteiger partial charge in [0.15, 0.2) is 17.3 Å². The van der Waals surface area contributed by atoms with Crippen molar-refractivity contribution in [2.24, 2.45) is 0 Å². The summed E-state index contributed by atoms with van der Waals surface area (Å²) in [4.78, 5) is 26.0. The van der Waals surface area contributed by atoms with E-state index in [-0.39, 0.29) is 18.6 Å². The van der Waals surface area contributed by atoms with Crippen LogP contribution in [-0.4, -0.2) is 21.8 Å². The quantitative estimate of drug-likeness (QED) is 0.878. The molecule has 6 heteroatoms. The molecule has 1 heterocycles. The van der Waals surface area contributed by atoms with Gasteiger partial charge in [-0.15, -0.1) is 0 Å². The molecule has 0 atom stereocenters. The van der Waals surface area contributed by atoms with Crippen LogP contribution in [0, 0.1) is 0 Å². The van der Waals surface area contributed by atoms with Crippen molar-refractivity contribution in [2.75, 3.05) is 0 Å². The minimum absolute atomic E-state index is 0.0377. The molecule has 1 aromatic carbocycles. The summed E-state index contributed by atoms with van der Waals surface area (Å²) < 4.78 is 6.09. The smallest absolute Gasteiger partial charge is 0.303 e. The van der Waals surface area contributed by atoms with E-state index in [0.29, 0.717) is 27.0 Å². The van der Waals surface area contributed by atoms with Crippen LogP contribution in [-0.2, 0) is 11.2 Å². The lowest BCUT2D eigenvalue weighted by Crippen LogP contribution is -1.97. The Labute approximate surface area is 111 Å². The predicted octanol–water partition coefficient (Wildman–Crippen LogP) is 2.81. The lowest BCUT2D eigenvalue weighted by atomic mass is 10.1. The van der Waals surface area contributed by atoms with Crippen LogP contribution in [0.4, 0.5) is 0 Å². The lowest BCUT2D eigenvalue weighted by Gasteiger charge is -1.96. The Morgan fingerprint density at radius 3 is 2.78 bits per heavy atom. The van der Waals surface area contributed by atoms with Crippen molar-refractivity contribution in [3.05, 3.63) is 28.1 Å². The zero-order valence-electron chi connectivity index (χ0n) is 9.57. The van der Waals surface area contributed by atoms with Crippen LogP contribution in [0.5, 0.6) is 0 Å². The van der Waals surface area contributed by atoms with Gasteiger partial charge in [0.1, 0.15) is 5.52 Å². The van der Waals surface area contributed by atoms with E-state index in [2.05, 4.69) is 20.9 Å². The Balaban J connectivity index is 2.41. The molecular weight excluding hydrogens is 302 g/mol. The number of ketones is 1. The molecule has 0 aliphatic heterocycles. The number of hydrogen-bond acceptors (Lipinski definition) is 4. The number of aliphatic carboxylic acids is 1. The van der Waals surface area contributed by atoms with Gasteiger partial charge in [0.2, 0.25) is 0 Å². The van der Waals surface area contributed by atoms with E-state index in [1.54, 1.807) is 12.1 Å². The van der Waals surface area contributed by atoms with E-state index >= 15 is 0 Å². The number of nitrogens with zero attached hydrogens (tertiary/aromatic N) is 1. The molecule has 0 saturated carbocycles. The summed E-state index contributed by atoms with van der Waals surface area (Å²) in [6, 6.07) is 3.30. The highest BCUT2D eigenvalue weighted by Gasteiger charge is 2.13. The van der Waals surface area contributed by atoms with Crippen molar-refractivity contribution in [3.63, 3.8) is 0 Å². The second-order valence-electron chi connectivity index (χ2n) is 3.86. The molecule has 1 N–H and O–H groups in total. The van der Waals surface area contributed by atoms with Crippen LogP contribution in [0.1, 0.15) is 29.6 Å². The van der Waals surface area contributed by atoms with Gasteiger partial charge >= 0.3 is 5.97 Å². The molecule has 1 aromatic heterocycles. The van der Waals surface area contributed by atoms with Crippen LogP contribution in [0.2, 0.25) is 0 Å². The Morgan fingerprint density at radius 1 is 1.44 bits per heavy atom. The van der Waals surface area contributed by atoms with E-state index in [1.165, 1.54) is 6.92 Å². The summed E-state index contributed by atoms with van der Waals surface area (Å²) in [5, 5.41) is 8.60. The number of carboxylic acid groups (broad SMARTS) is 1. The van der Waals surface area contributed by atoms with E-state index in [4.69, 9.17) is 9.52 Å². The molecular formula is C12H10BrNO4. The molecule has 2 rings (SSSR count). The number of aryl methyl sites for hydroxylation is 1. The first-order valence-electron chi connectivity index (χ1n) is 5.29. The van der Waals surface area contributed by atoms with Crippen LogP contribution in [0.25, 0.3) is 11.1 Å². The molecule has 0 aliphatic carbocycles. The van der Waals surface area contributed by atoms with E-state index in [1.807, 2.05) is 0 Å². The average molecular weight is 312 g/mol. The number of fused-ring (bicyclic) bond motifs is 1. The Bertz CT molecular complexity index is 632. The number of rotatable bonds is 4. The molecule has 0 saturated heterocycles. The molecule has 0 aliphatic rings. The van der Waals surface area contributed by atoms with Crippen molar-refractivity contribution >= 4 is 38.8 Å². The lowest BCUT2D eigenvalue weighted by molar-refractivity contribution is -0.137. The molecule has 94 valence electrons. The SMILES string of the molecule is CC(=O)c1cc(Br)c2oc(CCC(=O)O)nc2c1. The number of carbonyl (C=O) groups is 2. The Morgan fingerprint density at radius 2 is 2.17 bits per heavy atom. The Kier molecular flexibility index (Phi) is 3.47. The molecule has 0 bridgehead atoms. The zero-order valence-corrected chi connectivity index (χ0v) is 11.2. The van der Waals surface area contributed by atoms with Crippen molar-refractivity contribution in [1.82, 2.24) is 4.98 Å². The molecule has 0 fully saturated rings. The third kappa shape index (κ3) is 2.59. The number of benzene rings is 1. The van der Waals surface area contributed by atoms with Crippen LogP contribution in [0.3, 0.4) is 0 Å². The monoisotopic (exact) mass is 311 g/mol. The number of carbonyl (C=O) groups excluding carboxylic acids is 1. The van der Waals surface area contributed by atoms with E-state index in [9.17, 15) is 9.59 Å². The molecule has 2 aromatic rings. The maximum absolute atomic E-state index is 11.3. The van der Waals surface area contributed by atoms with Gasteiger partial charge in [-0.25, -0.2) is 4.98 Å². The number of halogens is 1. The fourth-order valence-corrected chi connectivity index (χ4v) is 2.09. The van der Waals surface area contributed by atoms with Gasteiger partial charge in [0, 0.05) is 12.0 Å². The van der Waals surface area contributed by atoms with Crippen molar-refractivity contribution in [3.8, 4) is 0 Å². The number of hydrogen-bond donors (Lipinski definition) is 1. The first-order chi connectivity index (χ1) is 8.47. The average Bonchev–Trinajstić information content (AvgIpc) is 2.69. The van der Waals surface area contributed by atoms with Crippen LogP contribution in [0.15, 0.2) is 21.0 Å². The van der Waals surface area contributed by atoms with E-state index in [0.717, 1.165) is 0 Å².